The molecule has 6 rings (SSSR count). The molecular formula is C28H28FN7O. The number of rotatable bonds is 3. The van der Waals surface area contributed by atoms with Crippen molar-refractivity contribution < 1.29 is 9.18 Å². The van der Waals surface area contributed by atoms with Gasteiger partial charge in [-0.25, -0.2) is 18.9 Å². The maximum atomic E-state index is 14.3. The lowest BCUT2D eigenvalue weighted by atomic mass is 9.98. The number of carbonyl (C=O) groups excluding carboxylic acids is 1. The van der Waals surface area contributed by atoms with Crippen molar-refractivity contribution in [3.8, 4) is 6.07 Å². The molecule has 0 unspecified atom stereocenters. The van der Waals surface area contributed by atoms with E-state index in [1.54, 1.807) is 28.8 Å². The Bertz CT molecular complexity index is 1560. The highest BCUT2D eigenvalue weighted by Crippen LogP contribution is 2.33. The van der Waals surface area contributed by atoms with E-state index >= 15 is 0 Å². The predicted molar refractivity (Wildman–Crippen MR) is 138 cm³/mol. The van der Waals surface area contributed by atoms with Gasteiger partial charge < -0.3 is 9.80 Å². The largest absolute Gasteiger partial charge is 0.355 e. The molecule has 0 spiro atoms. The normalized spacial score (nSPS) is 22.1. The van der Waals surface area contributed by atoms with E-state index in [2.05, 4.69) is 22.9 Å². The molecule has 9 heteroatoms. The van der Waals surface area contributed by atoms with Crippen LogP contribution in [-0.4, -0.2) is 50.0 Å². The third-order valence-corrected chi connectivity index (χ3v) is 7.70. The van der Waals surface area contributed by atoms with Crippen molar-refractivity contribution in [1.82, 2.24) is 24.5 Å². The van der Waals surface area contributed by atoms with E-state index in [9.17, 15) is 14.4 Å². The van der Waals surface area contributed by atoms with Crippen LogP contribution in [0.25, 0.3) is 16.6 Å². The van der Waals surface area contributed by atoms with Gasteiger partial charge >= 0.3 is 0 Å². The van der Waals surface area contributed by atoms with E-state index in [0.717, 1.165) is 42.9 Å². The molecule has 0 radical (unpaired) electrons. The number of fused-ring (bicyclic) bond motifs is 2. The highest BCUT2D eigenvalue weighted by Gasteiger charge is 2.33. The summed E-state index contributed by atoms with van der Waals surface area (Å²) in [5.74, 6) is 0.514. The molecule has 8 nitrogen and oxygen atoms in total. The minimum atomic E-state index is -0.437. The summed E-state index contributed by atoms with van der Waals surface area (Å²) in [6, 6.07) is 12.3. The number of aromatic nitrogens is 4. The number of nitriles is 1. The maximum absolute atomic E-state index is 14.3. The molecule has 1 amide bonds. The Balaban J connectivity index is 1.32. The third kappa shape index (κ3) is 4.06. The zero-order chi connectivity index (χ0) is 25.7. The molecule has 2 saturated heterocycles. The fourth-order valence-corrected chi connectivity index (χ4v) is 5.67. The first-order valence-electron chi connectivity index (χ1n) is 12.8. The second-order valence-corrected chi connectivity index (χ2v) is 10.3. The number of piperidine rings is 1. The van der Waals surface area contributed by atoms with Gasteiger partial charge in [0.2, 0.25) is 0 Å². The van der Waals surface area contributed by atoms with Crippen molar-refractivity contribution in [1.29, 1.82) is 5.26 Å². The van der Waals surface area contributed by atoms with E-state index in [1.165, 1.54) is 6.07 Å². The third-order valence-electron chi connectivity index (χ3n) is 7.70. The Labute approximate surface area is 214 Å². The van der Waals surface area contributed by atoms with Crippen LogP contribution in [0.1, 0.15) is 54.0 Å². The molecule has 0 N–H and O–H groups in total. The molecule has 0 saturated carbocycles. The van der Waals surface area contributed by atoms with Gasteiger partial charge in [0.15, 0.2) is 5.65 Å². The van der Waals surface area contributed by atoms with Crippen molar-refractivity contribution >= 4 is 28.3 Å². The van der Waals surface area contributed by atoms with Crippen LogP contribution in [0.3, 0.4) is 0 Å². The van der Waals surface area contributed by atoms with Gasteiger partial charge in [-0.15, -0.1) is 0 Å². The zero-order valence-electron chi connectivity index (χ0n) is 20.9. The van der Waals surface area contributed by atoms with Gasteiger partial charge in [0, 0.05) is 42.8 Å². The van der Waals surface area contributed by atoms with E-state index in [4.69, 9.17) is 10.1 Å². The average molecular weight is 498 g/mol. The SMILES string of the molecule is Cc1cn2nc([C@@H]3CCCCN3C(=O)c3ccc4cccc(F)c4n3)cc2nc1N1C[C@@H](C#N)[C@@H](C)C1. The van der Waals surface area contributed by atoms with Gasteiger partial charge in [0.25, 0.3) is 5.91 Å². The van der Waals surface area contributed by atoms with Gasteiger partial charge in [-0.1, -0.05) is 25.1 Å². The van der Waals surface area contributed by atoms with Crippen molar-refractivity contribution in [2.45, 2.75) is 39.2 Å². The second kappa shape index (κ2) is 9.11. The highest BCUT2D eigenvalue weighted by atomic mass is 19.1. The van der Waals surface area contributed by atoms with Crippen molar-refractivity contribution in [3.05, 3.63) is 65.4 Å². The minimum absolute atomic E-state index is 0.00287. The molecule has 37 heavy (non-hydrogen) atoms. The molecule has 188 valence electrons. The number of anilines is 1. The molecule has 1 aromatic carbocycles. The number of halogens is 1. The molecule has 3 aromatic heterocycles. The van der Waals surface area contributed by atoms with E-state index < -0.39 is 5.82 Å². The second-order valence-electron chi connectivity index (χ2n) is 10.3. The topological polar surface area (TPSA) is 90.4 Å². The lowest BCUT2D eigenvalue weighted by molar-refractivity contribution is 0.0600. The van der Waals surface area contributed by atoms with Crippen molar-refractivity contribution in [3.63, 3.8) is 0 Å². The summed E-state index contributed by atoms with van der Waals surface area (Å²) in [6.07, 6.45) is 4.64. The van der Waals surface area contributed by atoms with Gasteiger partial charge in [0.1, 0.15) is 22.8 Å². The molecule has 2 fully saturated rings. The molecule has 0 bridgehead atoms. The smallest absolute Gasteiger partial charge is 0.273 e. The number of aryl methyl sites for hydroxylation is 1. The number of para-hydroxylation sites is 1. The van der Waals surface area contributed by atoms with E-state index in [1.807, 2.05) is 24.1 Å². The lowest BCUT2D eigenvalue weighted by Gasteiger charge is -2.34. The summed E-state index contributed by atoms with van der Waals surface area (Å²) in [5, 5.41) is 14.9. The number of hydrogen-bond acceptors (Lipinski definition) is 6. The Morgan fingerprint density at radius 3 is 2.84 bits per heavy atom. The Kier molecular flexibility index (Phi) is 5.75. The maximum Gasteiger partial charge on any atom is 0.273 e. The molecule has 2 aliphatic heterocycles. The summed E-state index contributed by atoms with van der Waals surface area (Å²) in [4.78, 5) is 26.9. The minimum Gasteiger partial charge on any atom is -0.355 e. The molecule has 4 aromatic rings. The average Bonchev–Trinajstić information content (AvgIpc) is 3.50. The number of pyridine rings is 1. The number of likely N-dealkylation sites (tertiary alicyclic amines) is 1. The number of benzene rings is 1. The van der Waals surface area contributed by atoms with E-state index in [0.29, 0.717) is 30.0 Å². The highest BCUT2D eigenvalue weighted by molar-refractivity contribution is 5.95. The summed E-state index contributed by atoms with van der Waals surface area (Å²) >= 11 is 0. The van der Waals surface area contributed by atoms with Crippen molar-refractivity contribution in [2.75, 3.05) is 24.5 Å². The van der Waals surface area contributed by atoms with Gasteiger partial charge in [-0.3, -0.25) is 4.79 Å². The van der Waals surface area contributed by atoms with Crippen LogP contribution in [0.4, 0.5) is 10.2 Å². The Morgan fingerprint density at radius 2 is 2.03 bits per heavy atom. The molecule has 2 aliphatic rings. The Morgan fingerprint density at radius 1 is 1.16 bits per heavy atom. The monoisotopic (exact) mass is 497 g/mol. The van der Waals surface area contributed by atoms with Crippen LogP contribution in [0.15, 0.2) is 42.6 Å². The lowest BCUT2D eigenvalue weighted by Crippen LogP contribution is -2.39. The Hall–Kier alpha value is -4.06. The number of carbonyl (C=O) groups is 1. The quantitative estimate of drug-likeness (QED) is 0.408. The molecule has 5 heterocycles. The summed E-state index contributed by atoms with van der Waals surface area (Å²) in [7, 11) is 0. The number of nitrogens with zero attached hydrogens (tertiary/aromatic N) is 7. The van der Waals surface area contributed by atoms with Crippen LogP contribution < -0.4 is 4.90 Å². The first-order valence-corrected chi connectivity index (χ1v) is 12.8. The fraction of sp³-hybridized carbons (Fsp3) is 0.393. The molecular weight excluding hydrogens is 469 g/mol. The van der Waals surface area contributed by atoms with Crippen LogP contribution in [0.2, 0.25) is 0 Å². The van der Waals surface area contributed by atoms with Crippen LogP contribution in [0, 0.1) is 35.9 Å². The fourth-order valence-electron chi connectivity index (χ4n) is 5.67. The first-order chi connectivity index (χ1) is 17.9. The van der Waals surface area contributed by atoms with Crippen LogP contribution >= 0.6 is 0 Å². The van der Waals surface area contributed by atoms with Gasteiger partial charge in [0.05, 0.1) is 23.7 Å². The summed E-state index contributed by atoms with van der Waals surface area (Å²) in [6.45, 7) is 6.17. The van der Waals surface area contributed by atoms with E-state index in [-0.39, 0.29) is 29.1 Å². The predicted octanol–water partition coefficient (Wildman–Crippen LogP) is 4.69. The van der Waals surface area contributed by atoms with Crippen molar-refractivity contribution in [2.24, 2.45) is 11.8 Å². The molecule has 0 aliphatic carbocycles. The van der Waals surface area contributed by atoms with Crippen LogP contribution in [-0.2, 0) is 0 Å². The molecule has 3 atom stereocenters. The summed E-state index contributed by atoms with van der Waals surface area (Å²) < 4.78 is 16.1. The summed E-state index contributed by atoms with van der Waals surface area (Å²) in [5.41, 5.74) is 2.93. The zero-order valence-corrected chi connectivity index (χ0v) is 20.9. The number of hydrogen-bond donors (Lipinski definition) is 0. The number of amides is 1. The standard InChI is InChI=1S/C28H28FN7O/c1-17-14-34(16-20(17)13-30)27-18(2)15-36-25(32-27)12-23(33-36)24-8-3-4-11-35(24)28(37)22-10-9-19-6-5-7-21(29)26(19)31-22/h5-7,9-10,12,15,17,20,24H,3-4,8,11,14,16H2,1-2H3/t17-,20+,24-/m0/s1. The van der Waals surface area contributed by atoms with Gasteiger partial charge in [-0.2, -0.15) is 10.4 Å². The van der Waals surface area contributed by atoms with Gasteiger partial charge in [-0.05, 0) is 44.2 Å². The van der Waals surface area contributed by atoms with Crippen LogP contribution in [0.5, 0.6) is 0 Å². The first kappa shape index (κ1) is 23.3.